The third-order valence-corrected chi connectivity index (χ3v) is 8.40. The minimum atomic E-state index is -0.278. The topological polar surface area (TPSA) is 98.5 Å². The molecule has 0 aliphatic carbocycles. The highest BCUT2D eigenvalue weighted by Gasteiger charge is 2.30. The van der Waals surface area contributed by atoms with Crippen LogP contribution in [0.5, 0.6) is 11.5 Å². The number of carbonyl (C=O) groups is 2. The van der Waals surface area contributed by atoms with Crippen molar-refractivity contribution < 1.29 is 28.2 Å². The van der Waals surface area contributed by atoms with Crippen molar-refractivity contribution in [2.24, 2.45) is 5.92 Å². The first-order chi connectivity index (χ1) is 20.9. The average Bonchev–Trinajstić information content (AvgIpc) is 3.70. The zero-order valence-corrected chi connectivity index (χ0v) is 25.6. The molecule has 2 atom stereocenters. The van der Waals surface area contributed by atoms with E-state index in [4.69, 9.17) is 30.2 Å². The van der Waals surface area contributed by atoms with Crippen LogP contribution in [0.25, 0.3) is 11.0 Å². The molecule has 0 radical (unpaired) electrons. The monoisotopic (exact) mass is 610 g/mol. The molecule has 1 aromatic heterocycles. The third-order valence-electron chi connectivity index (χ3n) is 8.16. The molecule has 0 bridgehead atoms. The summed E-state index contributed by atoms with van der Waals surface area (Å²) in [5.41, 5.74) is 1.27. The van der Waals surface area contributed by atoms with Gasteiger partial charge in [-0.1, -0.05) is 44.4 Å². The van der Waals surface area contributed by atoms with Gasteiger partial charge in [0.05, 0.1) is 36.4 Å². The molecule has 0 spiro atoms. The van der Waals surface area contributed by atoms with E-state index in [9.17, 15) is 14.4 Å². The van der Waals surface area contributed by atoms with Crippen molar-refractivity contribution in [2.45, 2.75) is 71.6 Å². The quantitative estimate of drug-likeness (QED) is 0.237. The van der Waals surface area contributed by atoms with Crippen LogP contribution in [0.2, 0.25) is 5.02 Å². The number of halogens is 1. The van der Waals surface area contributed by atoms with Crippen LogP contribution in [-0.2, 0) is 27.4 Å². The molecule has 230 valence electrons. The molecular weight excluding hydrogens is 572 g/mol. The normalized spacial score (nSPS) is 16.4. The van der Waals surface area contributed by atoms with E-state index >= 15 is 0 Å². The van der Waals surface area contributed by atoms with Gasteiger partial charge in [0.15, 0.2) is 16.9 Å². The van der Waals surface area contributed by atoms with Crippen LogP contribution in [0.4, 0.5) is 0 Å². The summed E-state index contributed by atoms with van der Waals surface area (Å²) in [6.07, 6.45) is 6.52. The number of unbranched alkanes of at least 4 members (excludes halogenated alkanes) is 1. The summed E-state index contributed by atoms with van der Waals surface area (Å²) in [5, 5.41) is 0.763. The van der Waals surface area contributed by atoms with E-state index in [0.717, 1.165) is 37.7 Å². The van der Waals surface area contributed by atoms with E-state index in [-0.39, 0.29) is 55.7 Å². The fraction of sp³-hybridized carbons (Fsp3) is 0.485. The number of amides is 2. The van der Waals surface area contributed by atoms with Crippen LogP contribution in [-0.4, -0.2) is 54.2 Å². The third kappa shape index (κ3) is 7.51. The molecule has 2 amide bonds. The molecular formula is C33H39ClN2O7. The summed E-state index contributed by atoms with van der Waals surface area (Å²) in [6.45, 7) is 5.35. The van der Waals surface area contributed by atoms with Crippen LogP contribution < -0.4 is 14.9 Å². The SMILES string of the molecule is CCCCC(CC)C(=O)N(CC(=O)N(Cc1ccc2c(c1)OCO2)Cc1coc2ccc(Cl)cc2c1=O)CC1CCCO1. The smallest absolute Gasteiger partial charge is 0.242 e. The van der Waals surface area contributed by atoms with Crippen LogP contribution in [0.3, 0.4) is 0 Å². The Morgan fingerprint density at radius 3 is 2.65 bits per heavy atom. The van der Waals surface area contributed by atoms with Crippen molar-refractivity contribution in [3.05, 3.63) is 69.0 Å². The maximum Gasteiger partial charge on any atom is 0.242 e. The van der Waals surface area contributed by atoms with Crippen molar-refractivity contribution in [3.63, 3.8) is 0 Å². The van der Waals surface area contributed by atoms with Crippen molar-refractivity contribution in [1.82, 2.24) is 9.80 Å². The lowest BCUT2D eigenvalue weighted by atomic mass is 9.97. The zero-order valence-electron chi connectivity index (χ0n) is 24.8. The molecule has 1 saturated heterocycles. The number of carbonyl (C=O) groups excluding carboxylic acids is 2. The molecule has 2 unspecified atom stereocenters. The predicted octanol–water partition coefficient (Wildman–Crippen LogP) is 5.93. The Morgan fingerprint density at radius 1 is 1.05 bits per heavy atom. The molecule has 10 heteroatoms. The van der Waals surface area contributed by atoms with Gasteiger partial charge < -0.3 is 28.4 Å². The van der Waals surface area contributed by atoms with E-state index in [1.165, 1.54) is 6.26 Å². The second kappa shape index (κ2) is 14.3. The molecule has 2 aliphatic rings. The number of hydrogen-bond acceptors (Lipinski definition) is 7. The van der Waals surface area contributed by atoms with Gasteiger partial charge in [0.25, 0.3) is 0 Å². The number of rotatable bonds is 13. The van der Waals surface area contributed by atoms with E-state index in [0.29, 0.717) is 52.6 Å². The number of fused-ring (bicyclic) bond motifs is 2. The lowest BCUT2D eigenvalue weighted by Crippen LogP contribution is -2.47. The van der Waals surface area contributed by atoms with Gasteiger partial charge in [-0.2, -0.15) is 0 Å². The Balaban J connectivity index is 1.43. The van der Waals surface area contributed by atoms with Crippen molar-refractivity contribution in [1.29, 1.82) is 0 Å². The van der Waals surface area contributed by atoms with Gasteiger partial charge in [-0.25, -0.2) is 0 Å². The first-order valence-electron chi connectivity index (χ1n) is 15.1. The van der Waals surface area contributed by atoms with Crippen LogP contribution in [0.15, 0.2) is 51.9 Å². The molecule has 43 heavy (non-hydrogen) atoms. The summed E-state index contributed by atoms with van der Waals surface area (Å²) >= 11 is 6.16. The fourth-order valence-corrected chi connectivity index (χ4v) is 5.86. The Hall–Kier alpha value is -3.56. The first-order valence-corrected chi connectivity index (χ1v) is 15.5. The Morgan fingerprint density at radius 2 is 1.88 bits per heavy atom. The van der Waals surface area contributed by atoms with Crippen molar-refractivity contribution >= 4 is 34.4 Å². The Bertz CT molecular complexity index is 1500. The molecule has 9 nitrogen and oxygen atoms in total. The summed E-state index contributed by atoms with van der Waals surface area (Å²) < 4.78 is 22.6. The van der Waals surface area contributed by atoms with Gasteiger partial charge in [-0.15, -0.1) is 0 Å². The average molecular weight is 611 g/mol. The van der Waals surface area contributed by atoms with E-state index in [2.05, 4.69) is 6.92 Å². The van der Waals surface area contributed by atoms with E-state index in [1.54, 1.807) is 34.1 Å². The fourth-order valence-electron chi connectivity index (χ4n) is 5.69. The molecule has 0 saturated carbocycles. The highest BCUT2D eigenvalue weighted by molar-refractivity contribution is 6.31. The summed E-state index contributed by atoms with van der Waals surface area (Å²) in [4.78, 5) is 44.6. The van der Waals surface area contributed by atoms with Crippen LogP contribution in [0.1, 0.15) is 63.5 Å². The van der Waals surface area contributed by atoms with Gasteiger partial charge in [0, 0.05) is 30.6 Å². The highest BCUT2D eigenvalue weighted by Crippen LogP contribution is 2.33. The Labute approximate surface area is 256 Å². The van der Waals surface area contributed by atoms with Gasteiger partial charge in [-0.3, -0.25) is 14.4 Å². The van der Waals surface area contributed by atoms with Gasteiger partial charge in [0.1, 0.15) is 5.58 Å². The summed E-state index contributed by atoms with van der Waals surface area (Å²) in [7, 11) is 0. The number of hydrogen-bond donors (Lipinski definition) is 0. The van der Waals surface area contributed by atoms with E-state index in [1.807, 2.05) is 19.1 Å². The van der Waals surface area contributed by atoms with E-state index < -0.39 is 0 Å². The van der Waals surface area contributed by atoms with Gasteiger partial charge in [0.2, 0.25) is 18.6 Å². The standard InChI is InChI=1S/C33H39ClN2O7/c1-3-5-7-23(4-2)33(39)36(18-26-8-6-13-40-26)19-31(37)35(16-22-9-11-29-30(14-22)43-21-42-29)17-24-20-41-28-12-10-25(34)15-27(28)32(24)38/h9-12,14-15,20,23,26H,3-8,13,16-19,21H2,1-2H3. The summed E-state index contributed by atoms with van der Waals surface area (Å²) in [5.74, 6) is 0.776. The molecule has 2 aliphatic heterocycles. The summed E-state index contributed by atoms with van der Waals surface area (Å²) in [6, 6.07) is 10.4. The lowest BCUT2D eigenvalue weighted by Gasteiger charge is -2.31. The number of ether oxygens (including phenoxy) is 3. The minimum absolute atomic E-state index is 0.00688. The van der Waals surface area contributed by atoms with Gasteiger partial charge in [-0.05, 0) is 61.6 Å². The second-order valence-corrected chi connectivity index (χ2v) is 11.7. The molecule has 1 fully saturated rings. The van der Waals surface area contributed by atoms with Crippen LogP contribution in [0, 0.1) is 5.92 Å². The molecule has 0 N–H and O–H groups in total. The number of nitrogens with zero attached hydrogens (tertiary/aromatic N) is 2. The van der Waals surface area contributed by atoms with Gasteiger partial charge >= 0.3 is 0 Å². The second-order valence-electron chi connectivity index (χ2n) is 11.3. The lowest BCUT2D eigenvalue weighted by molar-refractivity contribution is -0.145. The largest absolute Gasteiger partial charge is 0.464 e. The van der Waals surface area contributed by atoms with Crippen LogP contribution >= 0.6 is 11.6 Å². The van der Waals surface area contributed by atoms with Crippen molar-refractivity contribution in [3.8, 4) is 11.5 Å². The predicted molar refractivity (Wildman–Crippen MR) is 163 cm³/mol. The molecule has 2 aromatic carbocycles. The minimum Gasteiger partial charge on any atom is -0.464 e. The highest BCUT2D eigenvalue weighted by atomic mass is 35.5. The first kappa shape index (κ1) is 30.9. The molecule has 5 rings (SSSR count). The zero-order chi connectivity index (χ0) is 30.3. The molecule has 3 aromatic rings. The Kier molecular flexibility index (Phi) is 10.3. The maximum absolute atomic E-state index is 14.1. The maximum atomic E-state index is 14.1. The molecule has 3 heterocycles. The van der Waals surface area contributed by atoms with Crippen molar-refractivity contribution in [2.75, 3.05) is 26.5 Å². The number of benzene rings is 2.